The Hall–Kier alpha value is -0.830. The Balaban J connectivity index is 2.37. The summed E-state index contributed by atoms with van der Waals surface area (Å²) in [6, 6.07) is 10.2. The number of thiophene rings is 1. The molecule has 0 saturated heterocycles. The molecule has 1 aromatic heterocycles. The van der Waals surface area contributed by atoms with Crippen molar-refractivity contribution in [3.63, 3.8) is 0 Å². The summed E-state index contributed by atoms with van der Waals surface area (Å²) in [6.45, 7) is 4.18. The molecule has 1 atom stereocenters. The van der Waals surface area contributed by atoms with Crippen LogP contribution in [0.4, 0.5) is 0 Å². The highest BCUT2D eigenvalue weighted by molar-refractivity contribution is 7.16. The van der Waals surface area contributed by atoms with E-state index in [4.69, 9.17) is 17.3 Å². The first kappa shape index (κ1) is 11.6. The Bertz CT molecular complexity index is 504. The standard InChI is InChI=1S/C13H14ClNS/c1-8-3-4-10(9(2)7-8)13(15)11-5-6-12(14)16-11/h3-7,13H,15H2,1-2H3. The maximum atomic E-state index is 6.23. The highest BCUT2D eigenvalue weighted by Gasteiger charge is 2.13. The molecular formula is C13H14ClNS. The van der Waals surface area contributed by atoms with E-state index in [1.165, 1.54) is 16.7 Å². The van der Waals surface area contributed by atoms with Crippen LogP contribution < -0.4 is 5.73 Å². The van der Waals surface area contributed by atoms with Crippen LogP contribution in [0, 0.1) is 13.8 Å². The van der Waals surface area contributed by atoms with Gasteiger partial charge in [0.1, 0.15) is 0 Å². The van der Waals surface area contributed by atoms with Crippen LogP contribution in [0.1, 0.15) is 27.6 Å². The molecule has 1 nitrogen and oxygen atoms in total. The minimum atomic E-state index is -0.0712. The predicted octanol–water partition coefficient (Wildman–Crippen LogP) is 4.07. The topological polar surface area (TPSA) is 26.0 Å². The van der Waals surface area contributed by atoms with Crippen LogP contribution in [0.3, 0.4) is 0 Å². The van der Waals surface area contributed by atoms with Crippen molar-refractivity contribution < 1.29 is 0 Å². The van der Waals surface area contributed by atoms with Gasteiger partial charge in [0.15, 0.2) is 0 Å². The molecule has 0 bridgehead atoms. The molecule has 84 valence electrons. The zero-order chi connectivity index (χ0) is 11.7. The molecule has 2 N–H and O–H groups in total. The molecule has 0 aliphatic heterocycles. The number of halogens is 1. The average molecular weight is 252 g/mol. The van der Waals surface area contributed by atoms with Gasteiger partial charge in [-0.1, -0.05) is 35.4 Å². The molecule has 2 aromatic rings. The molecule has 16 heavy (non-hydrogen) atoms. The Morgan fingerprint density at radius 1 is 1.19 bits per heavy atom. The van der Waals surface area contributed by atoms with E-state index in [0.29, 0.717) is 0 Å². The van der Waals surface area contributed by atoms with Crippen molar-refractivity contribution >= 4 is 22.9 Å². The van der Waals surface area contributed by atoms with Crippen LogP contribution in [-0.2, 0) is 0 Å². The van der Waals surface area contributed by atoms with Gasteiger partial charge in [-0.2, -0.15) is 0 Å². The number of nitrogens with two attached hydrogens (primary N) is 1. The van der Waals surface area contributed by atoms with Gasteiger partial charge in [-0.25, -0.2) is 0 Å². The molecule has 1 heterocycles. The van der Waals surface area contributed by atoms with Crippen molar-refractivity contribution in [1.82, 2.24) is 0 Å². The van der Waals surface area contributed by atoms with Gasteiger partial charge < -0.3 is 5.73 Å². The fraction of sp³-hybridized carbons (Fsp3) is 0.231. The van der Waals surface area contributed by atoms with Gasteiger partial charge >= 0.3 is 0 Å². The van der Waals surface area contributed by atoms with Gasteiger partial charge in [-0.05, 0) is 37.1 Å². The molecule has 0 fully saturated rings. The lowest BCUT2D eigenvalue weighted by Crippen LogP contribution is -2.11. The normalized spacial score (nSPS) is 12.8. The number of benzene rings is 1. The van der Waals surface area contributed by atoms with Crippen LogP contribution in [0.25, 0.3) is 0 Å². The van der Waals surface area contributed by atoms with Crippen molar-refractivity contribution in [1.29, 1.82) is 0 Å². The lowest BCUT2D eigenvalue weighted by molar-refractivity contribution is 0.881. The second-order valence-corrected chi connectivity index (χ2v) is 5.73. The van der Waals surface area contributed by atoms with Crippen LogP contribution >= 0.6 is 22.9 Å². The van der Waals surface area contributed by atoms with E-state index >= 15 is 0 Å². The smallest absolute Gasteiger partial charge is 0.0931 e. The second-order valence-electron chi connectivity index (χ2n) is 3.98. The van der Waals surface area contributed by atoms with E-state index in [0.717, 1.165) is 9.21 Å². The molecule has 2 rings (SSSR count). The van der Waals surface area contributed by atoms with Gasteiger partial charge in [0.05, 0.1) is 10.4 Å². The van der Waals surface area contributed by atoms with E-state index in [-0.39, 0.29) is 6.04 Å². The van der Waals surface area contributed by atoms with Crippen molar-refractivity contribution in [2.45, 2.75) is 19.9 Å². The molecule has 1 unspecified atom stereocenters. The first-order chi connectivity index (χ1) is 7.58. The summed E-state index contributed by atoms with van der Waals surface area (Å²) in [5, 5.41) is 0. The third-order valence-electron chi connectivity index (χ3n) is 2.66. The van der Waals surface area contributed by atoms with Gasteiger partial charge in [0.25, 0.3) is 0 Å². The molecule has 0 radical (unpaired) electrons. The van der Waals surface area contributed by atoms with E-state index in [1.807, 2.05) is 12.1 Å². The molecule has 3 heteroatoms. The fourth-order valence-corrected chi connectivity index (χ4v) is 2.90. The lowest BCUT2D eigenvalue weighted by Gasteiger charge is -2.13. The average Bonchev–Trinajstić information content (AvgIpc) is 2.64. The highest BCUT2D eigenvalue weighted by Crippen LogP contribution is 2.30. The fourth-order valence-electron chi connectivity index (χ4n) is 1.82. The summed E-state index contributed by atoms with van der Waals surface area (Å²) in [5.41, 5.74) is 9.90. The van der Waals surface area contributed by atoms with Crippen molar-refractivity contribution in [3.05, 3.63) is 56.2 Å². The second kappa shape index (κ2) is 4.58. The zero-order valence-electron chi connectivity index (χ0n) is 9.33. The minimum Gasteiger partial charge on any atom is -0.320 e. The van der Waals surface area contributed by atoms with Gasteiger partial charge in [0, 0.05) is 4.88 Å². The summed E-state index contributed by atoms with van der Waals surface area (Å²) < 4.78 is 0.787. The molecule has 1 aromatic carbocycles. The van der Waals surface area contributed by atoms with Crippen LogP contribution in [0.2, 0.25) is 4.34 Å². The quantitative estimate of drug-likeness (QED) is 0.856. The van der Waals surface area contributed by atoms with E-state index in [9.17, 15) is 0 Å². The van der Waals surface area contributed by atoms with E-state index in [2.05, 4.69) is 32.0 Å². The Morgan fingerprint density at radius 2 is 1.94 bits per heavy atom. The molecule has 0 amide bonds. The third-order valence-corrected chi connectivity index (χ3v) is 3.98. The van der Waals surface area contributed by atoms with Gasteiger partial charge in [-0.15, -0.1) is 11.3 Å². The third kappa shape index (κ3) is 2.29. The summed E-state index contributed by atoms with van der Waals surface area (Å²) >= 11 is 7.46. The number of rotatable bonds is 2. The maximum Gasteiger partial charge on any atom is 0.0931 e. The van der Waals surface area contributed by atoms with Crippen molar-refractivity contribution in [3.8, 4) is 0 Å². The molecule has 0 aliphatic rings. The monoisotopic (exact) mass is 251 g/mol. The summed E-state index contributed by atoms with van der Waals surface area (Å²) in [4.78, 5) is 1.11. The highest BCUT2D eigenvalue weighted by atomic mass is 35.5. The SMILES string of the molecule is Cc1ccc(C(N)c2ccc(Cl)s2)c(C)c1. The molecule has 0 saturated carbocycles. The minimum absolute atomic E-state index is 0.0712. The van der Waals surface area contributed by atoms with Crippen LogP contribution in [0.5, 0.6) is 0 Å². The number of hydrogen-bond acceptors (Lipinski definition) is 2. The van der Waals surface area contributed by atoms with Gasteiger partial charge in [-0.3, -0.25) is 0 Å². The van der Waals surface area contributed by atoms with Crippen LogP contribution in [0.15, 0.2) is 30.3 Å². The Labute approximate surface area is 105 Å². The molecule has 0 spiro atoms. The maximum absolute atomic E-state index is 6.23. The lowest BCUT2D eigenvalue weighted by atomic mass is 9.99. The zero-order valence-corrected chi connectivity index (χ0v) is 10.9. The molecule has 0 aliphatic carbocycles. The van der Waals surface area contributed by atoms with E-state index in [1.54, 1.807) is 11.3 Å². The number of hydrogen-bond donors (Lipinski definition) is 1. The Kier molecular flexibility index (Phi) is 3.33. The first-order valence-corrected chi connectivity index (χ1v) is 6.35. The van der Waals surface area contributed by atoms with Crippen LogP contribution in [-0.4, -0.2) is 0 Å². The summed E-state index contributed by atoms with van der Waals surface area (Å²) in [5.74, 6) is 0. The molecular weight excluding hydrogens is 238 g/mol. The first-order valence-electron chi connectivity index (χ1n) is 5.16. The largest absolute Gasteiger partial charge is 0.320 e. The summed E-state index contributed by atoms with van der Waals surface area (Å²) in [7, 11) is 0. The Morgan fingerprint density at radius 3 is 2.50 bits per heavy atom. The van der Waals surface area contributed by atoms with Crippen molar-refractivity contribution in [2.75, 3.05) is 0 Å². The van der Waals surface area contributed by atoms with Gasteiger partial charge in [0.2, 0.25) is 0 Å². The summed E-state index contributed by atoms with van der Waals surface area (Å²) in [6.07, 6.45) is 0. The predicted molar refractivity (Wildman–Crippen MR) is 71.3 cm³/mol. The van der Waals surface area contributed by atoms with Crippen molar-refractivity contribution in [2.24, 2.45) is 5.73 Å². The van der Waals surface area contributed by atoms with E-state index < -0.39 is 0 Å². The number of aryl methyl sites for hydroxylation is 2.